The summed E-state index contributed by atoms with van der Waals surface area (Å²) in [7, 11) is 0. The number of benzene rings is 2. The summed E-state index contributed by atoms with van der Waals surface area (Å²) in [5.41, 5.74) is -2.23. The van der Waals surface area contributed by atoms with Gasteiger partial charge in [0, 0.05) is 16.5 Å². The molecule has 2 atom stereocenters. The molecular weight excluding hydrogens is 528 g/mol. The summed E-state index contributed by atoms with van der Waals surface area (Å²) in [4.78, 5) is 17.4. The molecule has 13 heteroatoms. The molecule has 2 saturated heterocycles. The summed E-state index contributed by atoms with van der Waals surface area (Å²) in [6.45, 7) is -1.09. The molecular formula is C22H17Cl2F7N2O2. The normalized spacial score (nSPS) is 24.4. The van der Waals surface area contributed by atoms with Crippen molar-refractivity contribution < 1.29 is 40.4 Å². The van der Waals surface area contributed by atoms with Crippen molar-refractivity contribution in [3.63, 3.8) is 0 Å². The summed E-state index contributed by atoms with van der Waals surface area (Å²) in [6.07, 6.45) is -11.8. The van der Waals surface area contributed by atoms with Gasteiger partial charge in [-0.2, -0.15) is 31.8 Å². The van der Waals surface area contributed by atoms with Crippen molar-refractivity contribution in [2.24, 2.45) is 0 Å². The average Bonchev–Trinajstić information content (AvgIpc) is 3.16. The quantitative estimate of drug-likeness (QED) is 0.454. The maximum absolute atomic E-state index is 15.1. The van der Waals surface area contributed by atoms with Gasteiger partial charge in [0.1, 0.15) is 6.42 Å². The predicted octanol–water partition coefficient (Wildman–Crippen LogP) is 6.38. The summed E-state index contributed by atoms with van der Waals surface area (Å²) in [5, 5.41) is 0.00746. The van der Waals surface area contributed by atoms with Crippen LogP contribution in [0.2, 0.25) is 10.0 Å². The topological polar surface area (TPSA) is 41.6 Å². The smallest absolute Gasteiger partial charge is 0.335 e. The van der Waals surface area contributed by atoms with E-state index in [0.29, 0.717) is 5.56 Å². The summed E-state index contributed by atoms with van der Waals surface area (Å²) >= 11 is 11.8. The second kappa shape index (κ2) is 8.79. The summed E-state index contributed by atoms with van der Waals surface area (Å²) < 4.78 is 94.6. The zero-order valence-electron chi connectivity index (χ0n) is 17.6. The fourth-order valence-electron chi connectivity index (χ4n) is 4.24. The van der Waals surface area contributed by atoms with Gasteiger partial charge in [-0.15, -0.1) is 0 Å². The van der Waals surface area contributed by atoms with Crippen LogP contribution in [0, 0.1) is 0 Å². The van der Waals surface area contributed by atoms with Gasteiger partial charge in [0.2, 0.25) is 11.5 Å². The third kappa shape index (κ3) is 5.09. The lowest BCUT2D eigenvalue weighted by molar-refractivity contribution is -0.282. The standard InChI is InChI=1S/C22H17Cl2F7N2O2/c23-15-5-14(6-16(24)7-15)20(22(29,30)31)8-17(32-35-20)12-1-3-13(4-2-12)19(25)10-33(11-19)18(34)9-21(26,27)28/h1-7,17,32H,8-11H2. The minimum atomic E-state index is -4.83. The zero-order chi connectivity index (χ0) is 25.8. The van der Waals surface area contributed by atoms with E-state index < -0.39 is 61.5 Å². The van der Waals surface area contributed by atoms with Crippen LogP contribution in [-0.4, -0.2) is 36.2 Å². The summed E-state index contributed by atoms with van der Waals surface area (Å²) in [6, 6.07) is 8.04. The van der Waals surface area contributed by atoms with Gasteiger partial charge >= 0.3 is 12.4 Å². The largest absolute Gasteiger partial charge is 0.423 e. The number of halogens is 9. The summed E-state index contributed by atoms with van der Waals surface area (Å²) in [5.74, 6) is -1.22. The highest BCUT2D eigenvalue weighted by molar-refractivity contribution is 6.34. The third-order valence-corrected chi connectivity index (χ3v) is 6.51. The molecule has 35 heavy (non-hydrogen) atoms. The van der Waals surface area contributed by atoms with E-state index in [-0.39, 0.29) is 21.2 Å². The Bertz CT molecular complexity index is 1100. The van der Waals surface area contributed by atoms with Gasteiger partial charge in [0.15, 0.2) is 5.67 Å². The van der Waals surface area contributed by atoms with Crippen molar-refractivity contribution in [2.45, 2.75) is 42.5 Å². The van der Waals surface area contributed by atoms with Crippen LogP contribution in [0.4, 0.5) is 30.7 Å². The molecule has 1 N–H and O–H groups in total. The predicted molar refractivity (Wildman–Crippen MR) is 112 cm³/mol. The molecule has 0 saturated carbocycles. The first-order valence-electron chi connectivity index (χ1n) is 10.2. The molecule has 4 nitrogen and oxygen atoms in total. The van der Waals surface area contributed by atoms with Crippen LogP contribution in [0.5, 0.6) is 0 Å². The maximum atomic E-state index is 15.1. The second-order valence-corrected chi connectivity index (χ2v) is 9.46. The minimum Gasteiger partial charge on any atom is -0.335 e. The Morgan fingerprint density at radius 1 is 1.00 bits per heavy atom. The van der Waals surface area contributed by atoms with Gasteiger partial charge in [-0.3, -0.25) is 9.63 Å². The number of alkyl halides is 7. The molecule has 2 aliphatic heterocycles. The Morgan fingerprint density at radius 2 is 1.57 bits per heavy atom. The Hall–Kier alpha value is -2.08. The lowest BCUT2D eigenvalue weighted by Gasteiger charge is -2.45. The molecule has 0 aromatic heterocycles. The van der Waals surface area contributed by atoms with E-state index in [9.17, 15) is 31.1 Å². The molecule has 2 aliphatic rings. The van der Waals surface area contributed by atoms with Crippen molar-refractivity contribution in [2.75, 3.05) is 13.1 Å². The van der Waals surface area contributed by atoms with E-state index in [2.05, 4.69) is 5.48 Å². The van der Waals surface area contributed by atoms with E-state index >= 15 is 4.39 Å². The van der Waals surface area contributed by atoms with E-state index in [0.717, 1.165) is 17.0 Å². The number of hydrogen-bond acceptors (Lipinski definition) is 3. The molecule has 2 aromatic rings. The van der Waals surface area contributed by atoms with Crippen LogP contribution < -0.4 is 5.48 Å². The number of nitrogens with one attached hydrogen (secondary N) is 1. The van der Waals surface area contributed by atoms with E-state index in [1.54, 1.807) is 0 Å². The van der Waals surface area contributed by atoms with Gasteiger partial charge in [0.05, 0.1) is 19.1 Å². The minimum absolute atomic E-state index is 0.00373. The number of carbonyl (C=O) groups excluding carboxylic acids is 1. The number of hydroxylamine groups is 1. The molecule has 2 aromatic carbocycles. The van der Waals surface area contributed by atoms with Crippen LogP contribution in [0.3, 0.4) is 0 Å². The molecule has 1 amide bonds. The van der Waals surface area contributed by atoms with Crippen LogP contribution in [-0.2, 0) is 20.9 Å². The lowest BCUT2D eigenvalue weighted by Crippen LogP contribution is -2.59. The number of likely N-dealkylation sites (tertiary alicyclic amines) is 1. The Labute approximate surface area is 204 Å². The molecule has 190 valence electrons. The molecule has 2 heterocycles. The van der Waals surface area contributed by atoms with Crippen molar-refractivity contribution >= 4 is 29.1 Å². The van der Waals surface area contributed by atoms with Crippen molar-refractivity contribution in [3.05, 3.63) is 69.2 Å². The van der Waals surface area contributed by atoms with Crippen molar-refractivity contribution in [3.8, 4) is 0 Å². The van der Waals surface area contributed by atoms with Crippen LogP contribution in [0.15, 0.2) is 42.5 Å². The Balaban J connectivity index is 1.49. The first-order chi connectivity index (χ1) is 16.1. The Morgan fingerprint density at radius 3 is 2.09 bits per heavy atom. The van der Waals surface area contributed by atoms with Crippen molar-refractivity contribution in [1.29, 1.82) is 0 Å². The zero-order valence-corrected chi connectivity index (χ0v) is 19.1. The van der Waals surface area contributed by atoms with Crippen LogP contribution in [0.1, 0.15) is 35.6 Å². The molecule has 0 spiro atoms. The highest BCUT2D eigenvalue weighted by atomic mass is 35.5. The number of nitrogens with zero attached hydrogens (tertiary/aromatic N) is 1. The van der Waals surface area contributed by atoms with Gasteiger partial charge in [0.25, 0.3) is 0 Å². The van der Waals surface area contributed by atoms with Gasteiger partial charge < -0.3 is 4.90 Å². The molecule has 2 unspecified atom stereocenters. The molecule has 0 bridgehead atoms. The van der Waals surface area contributed by atoms with E-state index in [1.807, 2.05) is 0 Å². The van der Waals surface area contributed by atoms with Gasteiger partial charge in [-0.25, -0.2) is 4.39 Å². The van der Waals surface area contributed by atoms with E-state index in [1.165, 1.54) is 30.3 Å². The fraction of sp³-hybridized carbons (Fsp3) is 0.409. The molecule has 0 radical (unpaired) electrons. The SMILES string of the molecule is O=C(CC(F)(F)F)N1CC(F)(c2ccc(C3CC(c4cc(Cl)cc(Cl)c4)(C(F)(F)F)ON3)cc2)C1. The van der Waals surface area contributed by atoms with Gasteiger partial charge in [-0.05, 0) is 34.9 Å². The second-order valence-electron chi connectivity index (χ2n) is 8.59. The highest BCUT2D eigenvalue weighted by Gasteiger charge is 2.62. The maximum Gasteiger partial charge on any atom is 0.423 e. The molecule has 2 fully saturated rings. The third-order valence-electron chi connectivity index (χ3n) is 6.07. The number of amides is 1. The highest BCUT2D eigenvalue weighted by Crippen LogP contribution is 2.52. The average molecular weight is 545 g/mol. The first-order valence-corrected chi connectivity index (χ1v) is 11.0. The molecule has 0 aliphatic carbocycles. The molecule has 4 rings (SSSR count). The number of carbonyl (C=O) groups is 1. The van der Waals surface area contributed by atoms with E-state index in [4.69, 9.17) is 28.0 Å². The lowest BCUT2D eigenvalue weighted by atomic mass is 9.84. The fourth-order valence-corrected chi connectivity index (χ4v) is 4.77. The van der Waals surface area contributed by atoms with Gasteiger partial charge in [-0.1, -0.05) is 47.5 Å². The number of hydrogen-bond donors (Lipinski definition) is 1. The number of rotatable bonds is 4. The Kier molecular flexibility index (Phi) is 6.53. The van der Waals surface area contributed by atoms with Crippen LogP contribution >= 0.6 is 23.2 Å². The van der Waals surface area contributed by atoms with Crippen molar-refractivity contribution in [1.82, 2.24) is 10.4 Å². The first kappa shape index (κ1) is 26.0. The van der Waals surface area contributed by atoms with Crippen LogP contribution in [0.25, 0.3) is 0 Å². The monoisotopic (exact) mass is 544 g/mol.